The number of halogens is 1. The molecule has 0 spiro atoms. The maximum Gasteiger partial charge on any atom is 0.272 e. The summed E-state index contributed by atoms with van der Waals surface area (Å²) < 4.78 is 0. The predicted molar refractivity (Wildman–Crippen MR) is 70.5 cm³/mol. The molecule has 17 heavy (non-hydrogen) atoms. The Morgan fingerprint density at radius 2 is 1.88 bits per heavy atom. The van der Waals surface area contributed by atoms with Crippen molar-refractivity contribution in [3.05, 3.63) is 39.9 Å². The molecule has 1 rings (SSSR count). The fourth-order valence-electron chi connectivity index (χ4n) is 2.04. The number of nitro groups is 1. The summed E-state index contributed by atoms with van der Waals surface area (Å²) in [6.45, 7) is 4.20. The van der Waals surface area contributed by atoms with E-state index in [1.807, 2.05) is 6.07 Å². The van der Waals surface area contributed by atoms with Crippen LogP contribution in [0.25, 0.3) is 0 Å². The van der Waals surface area contributed by atoms with Gasteiger partial charge in [-0.15, -0.1) is 11.6 Å². The second kappa shape index (κ2) is 6.60. The first-order valence-corrected chi connectivity index (χ1v) is 6.40. The van der Waals surface area contributed by atoms with Crippen LogP contribution in [0.15, 0.2) is 24.3 Å². The molecule has 1 aromatic carbocycles. The second-order valence-electron chi connectivity index (χ2n) is 4.18. The average Bonchev–Trinajstić information content (AvgIpc) is 2.31. The van der Waals surface area contributed by atoms with Gasteiger partial charge in [-0.3, -0.25) is 10.1 Å². The van der Waals surface area contributed by atoms with E-state index in [2.05, 4.69) is 13.8 Å². The van der Waals surface area contributed by atoms with Crippen molar-refractivity contribution in [2.45, 2.75) is 38.5 Å². The molecule has 1 aromatic rings. The molecule has 0 heterocycles. The van der Waals surface area contributed by atoms with Crippen LogP contribution < -0.4 is 0 Å². The van der Waals surface area contributed by atoms with Gasteiger partial charge in [-0.2, -0.15) is 0 Å². The summed E-state index contributed by atoms with van der Waals surface area (Å²) in [6, 6.07) is 6.82. The lowest BCUT2D eigenvalue weighted by molar-refractivity contribution is -0.385. The van der Waals surface area contributed by atoms with Gasteiger partial charge >= 0.3 is 0 Å². The molecule has 0 fully saturated rings. The van der Waals surface area contributed by atoms with Gasteiger partial charge in [0, 0.05) is 17.0 Å². The van der Waals surface area contributed by atoms with Crippen LogP contribution >= 0.6 is 11.6 Å². The standard InChI is InChI=1S/C13H18ClNO2/c1-3-10(4-2)12(14)9-11-7-5-6-8-13(11)15(16)17/h5-8,10,12H,3-4,9H2,1-2H3. The van der Waals surface area contributed by atoms with E-state index in [0.717, 1.165) is 18.4 Å². The normalized spacial score (nSPS) is 12.7. The highest BCUT2D eigenvalue weighted by Crippen LogP contribution is 2.26. The molecule has 0 saturated carbocycles. The van der Waals surface area contributed by atoms with E-state index in [1.54, 1.807) is 12.1 Å². The van der Waals surface area contributed by atoms with Crippen LogP contribution in [0.2, 0.25) is 0 Å². The van der Waals surface area contributed by atoms with Gasteiger partial charge in [0.05, 0.1) is 4.92 Å². The summed E-state index contributed by atoms with van der Waals surface area (Å²) in [7, 11) is 0. The van der Waals surface area contributed by atoms with Gasteiger partial charge in [0.15, 0.2) is 0 Å². The van der Waals surface area contributed by atoms with Crippen molar-refractivity contribution in [3.63, 3.8) is 0 Å². The highest BCUT2D eigenvalue weighted by atomic mass is 35.5. The van der Waals surface area contributed by atoms with Crippen molar-refractivity contribution < 1.29 is 4.92 Å². The van der Waals surface area contributed by atoms with Crippen molar-refractivity contribution in [2.75, 3.05) is 0 Å². The van der Waals surface area contributed by atoms with Crippen molar-refractivity contribution in [3.8, 4) is 0 Å². The Bertz CT molecular complexity index is 377. The van der Waals surface area contributed by atoms with Crippen molar-refractivity contribution in [2.24, 2.45) is 5.92 Å². The Balaban J connectivity index is 2.84. The molecule has 1 unspecified atom stereocenters. The summed E-state index contributed by atoms with van der Waals surface area (Å²) >= 11 is 6.34. The third-order valence-electron chi connectivity index (χ3n) is 3.16. The number of alkyl halides is 1. The van der Waals surface area contributed by atoms with E-state index in [4.69, 9.17) is 11.6 Å². The molecule has 0 N–H and O–H groups in total. The monoisotopic (exact) mass is 255 g/mol. The molecule has 3 nitrogen and oxygen atoms in total. The number of hydrogen-bond donors (Lipinski definition) is 0. The van der Waals surface area contributed by atoms with Gasteiger partial charge in [-0.1, -0.05) is 44.9 Å². The van der Waals surface area contributed by atoms with E-state index in [0.29, 0.717) is 12.3 Å². The predicted octanol–water partition coefficient (Wildman–Crippen LogP) is 4.18. The molecule has 94 valence electrons. The quantitative estimate of drug-likeness (QED) is 0.435. The van der Waals surface area contributed by atoms with Gasteiger partial charge in [-0.25, -0.2) is 0 Å². The lowest BCUT2D eigenvalue weighted by atomic mass is 9.94. The van der Waals surface area contributed by atoms with Crippen LogP contribution in [-0.2, 0) is 6.42 Å². The van der Waals surface area contributed by atoms with Crippen molar-refractivity contribution >= 4 is 17.3 Å². The molecule has 0 bridgehead atoms. The Labute approximate surface area is 107 Å². The zero-order chi connectivity index (χ0) is 12.8. The number of benzene rings is 1. The molecule has 0 aliphatic heterocycles. The molecule has 0 aromatic heterocycles. The van der Waals surface area contributed by atoms with Gasteiger partial charge in [0.25, 0.3) is 5.69 Å². The first kappa shape index (κ1) is 14.0. The fourth-order valence-corrected chi connectivity index (χ4v) is 2.56. The van der Waals surface area contributed by atoms with Crippen LogP contribution in [-0.4, -0.2) is 10.3 Å². The molecule has 0 aliphatic rings. The molecule has 0 amide bonds. The zero-order valence-electron chi connectivity index (χ0n) is 10.2. The Morgan fingerprint density at radius 1 is 1.29 bits per heavy atom. The summed E-state index contributed by atoms with van der Waals surface area (Å²) in [6.07, 6.45) is 2.57. The number of nitrogens with zero attached hydrogens (tertiary/aromatic N) is 1. The van der Waals surface area contributed by atoms with Crippen LogP contribution in [0.4, 0.5) is 5.69 Å². The summed E-state index contributed by atoms with van der Waals surface area (Å²) in [5.41, 5.74) is 0.897. The number of hydrogen-bond acceptors (Lipinski definition) is 2. The smallest absolute Gasteiger partial charge is 0.258 e. The third-order valence-corrected chi connectivity index (χ3v) is 3.67. The Kier molecular flexibility index (Phi) is 5.42. The van der Waals surface area contributed by atoms with Crippen LogP contribution in [0, 0.1) is 16.0 Å². The molecular formula is C13H18ClNO2. The molecule has 0 radical (unpaired) electrons. The van der Waals surface area contributed by atoms with Gasteiger partial charge in [-0.05, 0) is 12.3 Å². The summed E-state index contributed by atoms with van der Waals surface area (Å²) in [4.78, 5) is 10.5. The van der Waals surface area contributed by atoms with Crippen molar-refractivity contribution in [1.29, 1.82) is 0 Å². The molecule has 1 atom stereocenters. The Morgan fingerprint density at radius 3 is 2.41 bits per heavy atom. The van der Waals surface area contributed by atoms with Gasteiger partial charge < -0.3 is 0 Å². The first-order valence-electron chi connectivity index (χ1n) is 5.96. The topological polar surface area (TPSA) is 43.1 Å². The molecular weight excluding hydrogens is 238 g/mol. The summed E-state index contributed by atoms with van der Waals surface area (Å²) in [5.74, 6) is 0.413. The summed E-state index contributed by atoms with van der Waals surface area (Å²) in [5, 5.41) is 10.8. The largest absolute Gasteiger partial charge is 0.272 e. The first-order chi connectivity index (χ1) is 8.10. The second-order valence-corrected chi connectivity index (χ2v) is 4.74. The lowest BCUT2D eigenvalue weighted by Gasteiger charge is -2.18. The molecule has 0 aliphatic carbocycles. The third kappa shape index (κ3) is 3.70. The number of nitro benzene ring substituents is 1. The van der Waals surface area contributed by atoms with Crippen LogP contribution in [0.3, 0.4) is 0 Å². The number of rotatable bonds is 6. The van der Waals surface area contributed by atoms with E-state index < -0.39 is 0 Å². The van der Waals surface area contributed by atoms with Crippen LogP contribution in [0.1, 0.15) is 32.3 Å². The molecule has 0 saturated heterocycles. The minimum Gasteiger partial charge on any atom is -0.258 e. The van der Waals surface area contributed by atoms with E-state index in [-0.39, 0.29) is 16.0 Å². The van der Waals surface area contributed by atoms with E-state index >= 15 is 0 Å². The maximum atomic E-state index is 10.9. The van der Waals surface area contributed by atoms with E-state index in [1.165, 1.54) is 6.07 Å². The average molecular weight is 256 g/mol. The van der Waals surface area contributed by atoms with Crippen molar-refractivity contribution in [1.82, 2.24) is 0 Å². The van der Waals surface area contributed by atoms with Gasteiger partial charge in [0.2, 0.25) is 0 Å². The SMILES string of the molecule is CCC(CC)C(Cl)Cc1ccccc1[N+](=O)[O-]. The molecule has 4 heteroatoms. The number of para-hydroxylation sites is 1. The fraction of sp³-hybridized carbons (Fsp3) is 0.538. The minimum atomic E-state index is -0.341. The lowest BCUT2D eigenvalue weighted by Crippen LogP contribution is -2.16. The highest BCUT2D eigenvalue weighted by molar-refractivity contribution is 6.20. The van der Waals surface area contributed by atoms with Crippen LogP contribution in [0.5, 0.6) is 0 Å². The minimum absolute atomic E-state index is 0.0360. The van der Waals surface area contributed by atoms with Gasteiger partial charge in [0.1, 0.15) is 0 Å². The maximum absolute atomic E-state index is 10.9. The van der Waals surface area contributed by atoms with E-state index in [9.17, 15) is 10.1 Å². The zero-order valence-corrected chi connectivity index (χ0v) is 11.0. The Hall–Kier alpha value is -1.09. The highest BCUT2D eigenvalue weighted by Gasteiger charge is 2.20.